The summed E-state index contributed by atoms with van der Waals surface area (Å²) < 4.78 is 0. The topological polar surface area (TPSA) is 41.6 Å². The smallest absolute Gasteiger partial charge is 0.243 e. The van der Waals surface area contributed by atoms with Crippen molar-refractivity contribution in [1.29, 1.82) is 0 Å². The van der Waals surface area contributed by atoms with Gasteiger partial charge in [-0.25, -0.2) is 5.48 Å². The van der Waals surface area contributed by atoms with Crippen LogP contribution >= 0.6 is 0 Å². The molecule has 0 fully saturated rings. The third kappa shape index (κ3) is 15.4. The summed E-state index contributed by atoms with van der Waals surface area (Å²) in [7, 11) is 4.02. The number of carbonyl (C=O) groups is 1. The lowest BCUT2D eigenvalue weighted by molar-refractivity contribution is -0.133. The van der Waals surface area contributed by atoms with Crippen LogP contribution in [0.5, 0.6) is 0 Å². The number of hydroxylamine groups is 1. The molecule has 0 unspecified atom stereocenters. The van der Waals surface area contributed by atoms with Gasteiger partial charge in [-0.05, 0) is 33.5 Å². The van der Waals surface area contributed by atoms with E-state index in [2.05, 4.69) is 17.3 Å². The maximum atomic E-state index is 11.4. The van der Waals surface area contributed by atoms with Gasteiger partial charge in [-0.3, -0.25) is 9.63 Å². The van der Waals surface area contributed by atoms with E-state index in [0.717, 1.165) is 19.4 Å². The highest BCUT2D eigenvalue weighted by Gasteiger charge is 2.01. The first-order valence-corrected chi connectivity index (χ1v) is 8.22. The number of rotatable bonds is 14. The summed E-state index contributed by atoms with van der Waals surface area (Å²) in [5, 5.41) is 0. The van der Waals surface area contributed by atoms with Gasteiger partial charge in [-0.1, -0.05) is 51.9 Å². The summed E-state index contributed by atoms with van der Waals surface area (Å²) in [5.41, 5.74) is 2.52. The molecule has 0 radical (unpaired) electrons. The Bertz CT molecular complexity index is 221. The molecule has 0 saturated carbocycles. The van der Waals surface area contributed by atoms with E-state index in [4.69, 9.17) is 4.84 Å². The molecule has 0 spiro atoms. The van der Waals surface area contributed by atoms with Crippen molar-refractivity contribution in [3.63, 3.8) is 0 Å². The van der Waals surface area contributed by atoms with Crippen LogP contribution in [0.2, 0.25) is 0 Å². The lowest BCUT2D eigenvalue weighted by atomic mass is 10.1. The SMILES string of the molecule is CCCCCCCCCCONC(=O)CCCN(C)C. The molecule has 0 aliphatic heterocycles. The van der Waals surface area contributed by atoms with Crippen molar-refractivity contribution in [1.82, 2.24) is 10.4 Å². The monoisotopic (exact) mass is 286 g/mol. The summed E-state index contributed by atoms with van der Waals surface area (Å²) in [6.45, 7) is 3.81. The fraction of sp³-hybridized carbons (Fsp3) is 0.938. The van der Waals surface area contributed by atoms with Gasteiger partial charge >= 0.3 is 0 Å². The van der Waals surface area contributed by atoms with Crippen molar-refractivity contribution in [3.05, 3.63) is 0 Å². The summed E-state index contributed by atoms with van der Waals surface area (Å²) in [5.74, 6) is -0.00795. The number of hydrogen-bond acceptors (Lipinski definition) is 3. The van der Waals surface area contributed by atoms with Gasteiger partial charge in [0.05, 0.1) is 6.61 Å². The largest absolute Gasteiger partial charge is 0.309 e. The minimum absolute atomic E-state index is 0.00795. The Balaban J connectivity index is 3.13. The van der Waals surface area contributed by atoms with Gasteiger partial charge < -0.3 is 4.90 Å². The number of hydrogen-bond donors (Lipinski definition) is 1. The highest BCUT2D eigenvalue weighted by atomic mass is 16.6. The molecule has 0 rings (SSSR count). The van der Waals surface area contributed by atoms with Gasteiger partial charge in [0, 0.05) is 6.42 Å². The molecule has 0 aromatic carbocycles. The Hall–Kier alpha value is -0.610. The summed E-state index contributed by atoms with van der Waals surface area (Å²) in [6.07, 6.45) is 11.7. The second kappa shape index (κ2) is 14.8. The lowest BCUT2D eigenvalue weighted by Crippen LogP contribution is -2.25. The van der Waals surface area contributed by atoms with Gasteiger partial charge in [0.15, 0.2) is 0 Å². The average molecular weight is 286 g/mol. The molecular weight excluding hydrogens is 252 g/mol. The molecule has 4 heteroatoms. The number of nitrogens with one attached hydrogen (secondary N) is 1. The molecule has 1 amide bonds. The van der Waals surface area contributed by atoms with Crippen molar-refractivity contribution in [3.8, 4) is 0 Å². The molecule has 0 heterocycles. The lowest BCUT2D eigenvalue weighted by Gasteiger charge is -2.09. The molecule has 0 aromatic heterocycles. The third-order valence-electron chi connectivity index (χ3n) is 3.30. The summed E-state index contributed by atoms with van der Waals surface area (Å²) in [4.78, 5) is 18.7. The zero-order valence-electron chi connectivity index (χ0n) is 13.7. The Morgan fingerprint density at radius 1 is 0.950 bits per heavy atom. The second-order valence-corrected chi connectivity index (χ2v) is 5.76. The van der Waals surface area contributed by atoms with E-state index >= 15 is 0 Å². The first kappa shape index (κ1) is 19.4. The molecule has 0 aliphatic carbocycles. The molecule has 120 valence electrons. The number of nitrogens with zero attached hydrogens (tertiary/aromatic N) is 1. The van der Waals surface area contributed by atoms with E-state index in [-0.39, 0.29) is 5.91 Å². The molecule has 0 aliphatic rings. The van der Waals surface area contributed by atoms with Crippen LogP contribution in [0.15, 0.2) is 0 Å². The summed E-state index contributed by atoms with van der Waals surface area (Å²) >= 11 is 0. The molecule has 20 heavy (non-hydrogen) atoms. The fourth-order valence-corrected chi connectivity index (χ4v) is 2.05. The molecular formula is C16H34N2O2. The normalized spacial score (nSPS) is 11.0. The predicted octanol–water partition coefficient (Wildman–Crippen LogP) is 3.52. The zero-order valence-corrected chi connectivity index (χ0v) is 13.7. The van der Waals surface area contributed by atoms with E-state index in [0.29, 0.717) is 13.0 Å². The highest BCUT2D eigenvalue weighted by molar-refractivity contribution is 5.74. The third-order valence-corrected chi connectivity index (χ3v) is 3.30. The maximum absolute atomic E-state index is 11.4. The molecule has 1 N–H and O–H groups in total. The first-order valence-electron chi connectivity index (χ1n) is 8.22. The molecule has 0 atom stereocenters. The van der Waals surface area contributed by atoms with Crippen LogP contribution in [-0.4, -0.2) is 38.1 Å². The Kier molecular flexibility index (Phi) is 14.3. The van der Waals surface area contributed by atoms with Crippen LogP contribution in [0.3, 0.4) is 0 Å². The van der Waals surface area contributed by atoms with Crippen molar-refractivity contribution < 1.29 is 9.63 Å². The number of amides is 1. The Morgan fingerprint density at radius 3 is 2.15 bits per heavy atom. The molecule has 4 nitrogen and oxygen atoms in total. The van der Waals surface area contributed by atoms with E-state index in [1.54, 1.807) is 0 Å². The number of carbonyl (C=O) groups excluding carboxylic acids is 1. The Labute approximate surface area is 125 Å². The summed E-state index contributed by atoms with van der Waals surface area (Å²) in [6, 6.07) is 0. The van der Waals surface area contributed by atoms with Gasteiger partial charge in [0.1, 0.15) is 0 Å². The maximum Gasteiger partial charge on any atom is 0.243 e. The average Bonchev–Trinajstić information content (AvgIpc) is 2.40. The number of unbranched alkanes of at least 4 members (excludes halogenated alkanes) is 7. The van der Waals surface area contributed by atoms with Crippen molar-refractivity contribution in [2.24, 2.45) is 0 Å². The minimum atomic E-state index is -0.00795. The van der Waals surface area contributed by atoms with Crippen LogP contribution in [0.25, 0.3) is 0 Å². The van der Waals surface area contributed by atoms with Crippen LogP contribution in [0, 0.1) is 0 Å². The fourth-order valence-electron chi connectivity index (χ4n) is 2.05. The molecule has 0 aromatic rings. The van der Waals surface area contributed by atoms with E-state index < -0.39 is 0 Å². The zero-order chi connectivity index (χ0) is 15.1. The Morgan fingerprint density at radius 2 is 1.55 bits per heavy atom. The van der Waals surface area contributed by atoms with E-state index in [9.17, 15) is 4.79 Å². The second-order valence-electron chi connectivity index (χ2n) is 5.76. The van der Waals surface area contributed by atoms with Gasteiger partial charge in [0.25, 0.3) is 0 Å². The van der Waals surface area contributed by atoms with Crippen LogP contribution < -0.4 is 5.48 Å². The quantitative estimate of drug-likeness (QED) is 0.392. The van der Waals surface area contributed by atoms with Crippen LogP contribution in [0.4, 0.5) is 0 Å². The van der Waals surface area contributed by atoms with Crippen molar-refractivity contribution >= 4 is 5.91 Å². The van der Waals surface area contributed by atoms with Crippen LogP contribution in [0.1, 0.15) is 71.1 Å². The standard InChI is InChI=1S/C16H34N2O2/c1-4-5-6-7-8-9-10-11-15-20-17-16(19)13-12-14-18(2)3/h4-15H2,1-3H3,(H,17,19). The minimum Gasteiger partial charge on any atom is -0.309 e. The van der Waals surface area contributed by atoms with Gasteiger partial charge in [-0.2, -0.15) is 0 Å². The van der Waals surface area contributed by atoms with Gasteiger partial charge in [0.2, 0.25) is 5.91 Å². The van der Waals surface area contributed by atoms with Gasteiger partial charge in [-0.15, -0.1) is 0 Å². The predicted molar refractivity (Wildman–Crippen MR) is 84.5 cm³/mol. The molecule has 0 bridgehead atoms. The van der Waals surface area contributed by atoms with Crippen LogP contribution in [-0.2, 0) is 9.63 Å². The molecule has 0 saturated heterocycles. The van der Waals surface area contributed by atoms with Crippen molar-refractivity contribution in [2.75, 3.05) is 27.2 Å². The van der Waals surface area contributed by atoms with E-state index in [1.165, 1.54) is 44.9 Å². The van der Waals surface area contributed by atoms with E-state index in [1.807, 2.05) is 14.1 Å². The first-order chi connectivity index (χ1) is 9.66. The highest BCUT2D eigenvalue weighted by Crippen LogP contribution is 2.08. The van der Waals surface area contributed by atoms with Crippen molar-refractivity contribution in [2.45, 2.75) is 71.1 Å².